The summed E-state index contributed by atoms with van der Waals surface area (Å²) in [6.07, 6.45) is 3.41. The van der Waals surface area contributed by atoms with Crippen molar-refractivity contribution in [2.75, 3.05) is 5.32 Å². The minimum Gasteiger partial charge on any atom is -0.478 e. The van der Waals surface area contributed by atoms with Gasteiger partial charge in [0.15, 0.2) is 0 Å². The van der Waals surface area contributed by atoms with Crippen LogP contribution in [-0.2, 0) is 13.0 Å². The van der Waals surface area contributed by atoms with Gasteiger partial charge in [0.2, 0.25) is 0 Å². The summed E-state index contributed by atoms with van der Waals surface area (Å²) in [5.41, 5.74) is 1.93. The van der Waals surface area contributed by atoms with Crippen LogP contribution in [0.5, 0.6) is 0 Å². The number of aromatic nitrogens is 2. The maximum atomic E-state index is 11.1. The SMILES string of the molecule is CCCc1cc(C(=O)O)cc(NCc2ccccn2)n1. The molecule has 5 heteroatoms. The normalized spacial score (nSPS) is 10.2. The number of carbonyl (C=O) groups is 1. The number of nitrogens with one attached hydrogen (secondary N) is 1. The highest BCUT2D eigenvalue weighted by molar-refractivity contribution is 5.88. The quantitative estimate of drug-likeness (QED) is 0.845. The third-order valence-electron chi connectivity index (χ3n) is 2.81. The molecule has 2 aromatic rings. The van der Waals surface area contributed by atoms with Crippen LogP contribution < -0.4 is 5.32 Å². The number of hydrogen-bond donors (Lipinski definition) is 2. The van der Waals surface area contributed by atoms with Crippen molar-refractivity contribution in [3.63, 3.8) is 0 Å². The highest BCUT2D eigenvalue weighted by Gasteiger charge is 2.08. The Bertz CT molecular complexity index is 585. The van der Waals surface area contributed by atoms with Gasteiger partial charge in [-0.25, -0.2) is 9.78 Å². The molecule has 0 aliphatic heterocycles. The van der Waals surface area contributed by atoms with Gasteiger partial charge in [-0.15, -0.1) is 0 Å². The monoisotopic (exact) mass is 271 g/mol. The summed E-state index contributed by atoms with van der Waals surface area (Å²) in [5.74, 6) is -0.371. The van der Waals surface area contributed by atoms with Gasteiger partial charge in [-0.05, 0) is 30.7 Å². The number of nitrogens with zero attached hydrogens (tertiary/aromatic N) is 2. The lowest BCUT2D eigenvalue weighted by Gasteiger charge is -2.08. The van der Waals surface area contributed by atoms with Crippen molar-refractivity contribution in [1.29, 1.82) is 0 Å². The van der Waals surface area contributed by atoms with Gasteiger partial charge in [-0.1, -0.05) is 19.4 Å². The Hall–Kier alpha value is -2.43. The van der Waals surface area contributed by atoms with Crippen molar-refractivity contribution in [1.82, 2.24) is 9.97 Å². The molecular weight excluding hydrogens is 254 g/mol. The van der Waals surface area contributed by atoms with E-state index in [-0.39, 0.29) is 5.56 Å². The van der Waals surface area contributed by atoms with Gasteiger partial charge >= 0.3 is 5.97 Å². The molecule has 0 radical (unpaired) electrons. The molecule has 104 valence electrons. The number of carboxylic acids is 1. The molecule has 0 aliphatic rings. The molecule has 0 aromatic carbocycles. The fraction of sp³-hybridized carbons (Fsp3) is 0.267. The molecule has 0 spiro atoms. The highest BCUT2D eigenvalue weighted by Crippen LogP contribution is 2.13. The van der Waals surface area contributed by atoms with Gasteiger partial charge < -0.3 is 10.4 Å². The number of pyridine rings is 2. The maximum absolute atomic E-state index is 11.1. The molecule has 0 amide bonds. The second-order valence-electron chi connectivity index (χ2n) is 4.46. The van der Waals surface area contributed by atoms with Gasteiger partial charge in [-0.2, -0.15) is 0 Å². The average Bonchev–Trinajstić information content (AvgIpc) is 2.46. The van der Waals surface area contributed by atoms with E-state index in [1.165, 1.54) is 0 Å². The number of aryl methyl sites for hydroxylation is 1. The third-order valence-corrected chi connectivity index (χ3v) is 2.81. The molecule has 0 bridgehead atoms. The van der Waals surface area contributed by atoms with Crippen LogP contribution in [0.15, 0.2) is 36.5 Å². The van der Waals surface area contributed by atoms with Gasteiger partial charge in [-0.3, -0.25) is 4.98 Å². The van der Waals surface area contributed by atoms with Crippen molar-refractivity contribution < 1.29 is 9.90 Å². The first-order chi connectivity index (χ1) is 9.69. The van der Waals surface area contributed by atoms with E-state index >= 15 is 0 Å². The Balaban J connectivity index is 2.15. The molecule has 2 N–H and O–H groups in total. The lowest BCUT2D eigenvalue weighted by molar-refractivity contribution is 0.0696. The van der Waals surface area contributed by atoms with Gasteiger partial charge in [0, 0.05) is 11.9 Å². The average molecular weight is 271 g/mol. The molecule has 0 aliphatic carbocycles. The number of anilines is 1. The Morgan fingerprint density at radius 1 is 1.30 bits per heavy atom. The van der Waals surface area contributed by atoms with Crippen molar-refractivity contribution >= 4 is 11.8 Å². The summed E-state index contributed by atoms with van der Waals surface area (Å²) in [5, 5.41) is 12.2. The molecule has 0 unspecified atom stereocenters. The summed E-state index contributed by atoms with van der Waals surface area (Å²) in [6, 6.07) is 8.84. The van der Waals surface area contributed by atoms with E-state index in [1.807, 2.05) is 25.1 Å². The van der Waals surface area contributed by atoms with Crippen molar-refractivity contribution in [2.24, 2.45) is 0 Å². The fourth-order valence-electron chi connectivity index (χ4n) is 1.87. The zero-order valence-corrected chi connectivity index (χ0v) is 11.3. The number of rotatable bonds is 6. The second kappa shape index (κ2) is 6.65. The maximum Gasteiger partial charge on any atom is 0.335 e. The van der Waals surface area contributed by atoms with E-state index in [2.05, 4.69) is 15.3 Å². The molecule has 0 fully saturated rings. The predicted molar refractivity (Wildman–Crippen MR) is 76.8 cm³/mol. The molecule has 0 atom stereocenters. The lowest BCUT2D eigenvalue weighted by atomic mass is 10.1. The van der Waals surface area contributed by atoms with Crippen LogP contribution in [0.4, 0.5) is 5.82 Å². The Labute approximate surface area is 117 Å². The van der Waals surface area contributed by atoms with E-state index in [1.54, 1.807) is 18.3 Å². The second-order valence-corrected chi connectivity index (χ2v) is 4.46. The molecule has 5 nitrogen and oxygen atoms in total. The summed E-state index contributed by atoms with van der Waals surface area (Å²) in [6.45, 7) is 2.55. The number of carboxylic acid groups (broad SMARTS) is 1. The zero-order valence-electron chi connectivity index (χ0n) is 11.3. The van der Waals surface area contributed by atoms with Crippen LogP contribution in [0.25, 0.3) is 0 Å². The first-order valence-corrected chi connectivity index (χ1v) is 6.57. The molecule has 2 rings (SSSR count). The smallest absolute Gasteiger partial charge is 0.335 e. The standard InChI is InChI=1S/C15H17N3O2/c1-2-5-12-8-11(15(19)20)9-14(18-12)17-10-13-6-3-4-7-16-13/h3-4,6-9H,2,5,10H2,1H3,(H,17,18)(H,19,20). The molecule has 0 saturated heterocycles. The summed E-state index contributed by atoms with van der Waals surface area (Å²) >= 11 is 0. The Morgan fingerprint density at radius 3 is 2.80 bits per heavy atom. The summed E-state index contributed by atoms with van der Waals surface area (Å²) in [4.78, 5) is 19.7. The highest BCUT2D eigenvalue weighted by atomic mass is 16.4. The first-order valence-electron chi connectivity index (χ1n) is 6.57. The molecule has 2 aromatic heterocycles. The minimum absolute atomic E-state index is 0.256. The summed E-state index contributed by atoms with van der Waals surface area (Å²) in [7, 11) is 0. The lowest BCUT2D eigenvalue weighted by Crippen LogP contribution is -2.07. The largest absolute Gasteiger partial charge is 0.478 e. The van der Waals surface area contributed by atoms with Crippen LogP contribution >= 0.6 is 0 Å². The Morgan fingerprint density at radius 2 is 2.15 bits per heavy atom. The van der Waals surface area contributed by atoms with E-state index in [0.717, 1.165) is 24.2 Å². The van der Waals surface area contributed by atoms with Crippen LogP contribution in [-0.4, -0.2) is 21.0 Å². The predicted octanol–water partition coefficient (Wildman–Crippen LogP) is 2.74. The van der Waals surface area contributed by atoms with Crippen LogP contribution in [0.3, 0.4) is 0 Å². The van der Waals surface area contributed by atoms with Gasteiger partial charge in [0.05, 0.1) is 17.8 Å². The van der Waals surface area contributed by atoms with E-state index in [4.69, 9.17) is 5.11 Å². The van der Waals surface area contributed by atoms with Gasteiger partial charge in [0.1, 0.15) is 5.82 Å². The topological polar surface area (TPSA) is 75.1 Å². The van der Waals surface area contributed by atoms with E-state index in [9.17, 15) is 4.79 Å². The zero-order chi connectivity index (χ0) is 14.4. The molecule has 0 saturated carbocycles. The number of aromatic carboxylic acids is 1. The van der Waals surface area contributed by atoms with E-state index < -0.39 is 5.97 Å². The van der Waals surface area contributed by atoms with Crippen LogP contribution in [0.2, 0.25) is 0 Å². The molecular formula is C15H17N3O2. The van der Waals surface area contributed by atoms with Crippen molar-refractivity contribution in [3.8, 4) is 0 Å². The summed E-state index contributed by atoms with van der Waals surface area (Å²) < 4.78 is 0. The third kappa shape index (κ3) is 3.78. The Kier molecular flexibility index (Phi) is 4.65. The fourth-order valence-corrected chi connectivity index (χ4v) is 1.87. The van der Waals surface area contributed by atoms with E-state index in [0.29, 0.717) is 12.4 Å². The first kappa shape index (κ1) is 14.0. The van der Waals surface area contributed by atoms with Crippen molar-refractivity contribution in [2.45, 2.75) is 26.3 Å². The number of hydrogen-bond acceptors (Lipinski definition) is 4. The van der Waals surface area contributed by atoms with Gasteiger partial charge in [0.25, 0.3) is 0 Å². The molecule has 20 heavy (non-hydrogen) atoms. The van der Waals surface area contributed by atoms with Crippen LogP contribution in [0, 0.1) is 0 Å². The van der Waals surface area contributed by atoms with Crippen LogP contribution in [0.1, 0.15) is 35.1 Å². The molecule has 2 heterocycles. The van der Waals surface area contributed by atoms with Crippen molar-refractivity contribution in [3.05, 3.63) is 53.5 Å². The minimum atomic E-state index is -0.939.